The minimum Gasteiger partial charge on any atom is -0.489 e. The summed E-state index contributed by atoms with van der Waals surface area (Å²) < 4.78 is 19.3. The Kier molecular flexibility index (Phi) is 5.69. The van der Waals surface area contributed by atoms with Crippen LogP contribution in [-0.4, -0.2) is 11.5 Å². The van der Waals surface area contributed by atoms with E-state index in [2.05, 4.69) is 17.2 Å². The van der Waals surface area contributed by atoms with E-state index >= 15 is 0 Å². The zero-order chi connectivity index (χ0) is 15.1. The van der Waals surface area contributed by atoms with Crippen molar-refractivity contribution in [1.82, 2.24) is 10.3 Å². The molecule has 4 heteroatoms. The summed E-state index contributed by atoms with van der Waals surface area (Å²) in [6, 6.07) is 6.82. The first-order valence-corrected chi connectivity index (χ1v) is 7.21. The Bertz CT molecular complexity index is 587. The first-order chi connectivity index (χ1) is 10.2. The number of rotatable bonds is 7. The lowest BCUT2D eigenvalue weighted by atomic mass is 10.2. The minimum atomic E-state index is -0.275. The van der Waals surface area contributed by atoms with E-state index in [9.17, 15) is 4.39 Å². The molecule has 1 heterocycles. The number of nitrogens with one attached hydrogen (secondary N) is 1. The van der Waals surface area contributed by atoms with E-state index in [4.69, 9.17) is 4.74 Å². The van der Waals surface area contributed by atoms with Crippen molar-refractivity contribution in [2.45, 2.75) is 33.4 Å². The van der Waals surface area contributed by atoms with Crippen LogP contribution < -0.4 is 10.1 Å². The molecule has 2 rings (SSSR count). The lowest BCUT2D eigenvalue weighted by Gasteiger charge is -2.09. The number of hydrogen-bond donors (Lipinski definition) is 1. The second kappa shape index (κ2) is 7.74. The Morgan fingerprint density at radius 3 is 2.76 bits per heavy atom. The highest BCUT2D eigenvalue weighted by Gasteiger charge is 2.03. The molecular weight excluding hydrogens is 267 g/mol. The van der Waals surface area contributed by atoms with Gasteiger partial charge in [0.2, 0.25) is 0 Å². The van der Waals surface area contributed by atoms with Crippen LogP contribution >= 0.6 is 0 Å². The summed E-state index contributed by atoms with van der Waals surface area (Å²) in [6.45, 7) is 6.04. The van der Waals surface area contributed by atoms with Crippen LogP contribution in [0.3, 0.4) is 0 Å². The van der Waals surface area contributed by atoms with Crippen LogP contribution in [0, 0.1) is 12.7 Å². The zero-order valence-electron chi connectivity index (χ0n) is 12.5. The van der Waals surface area contributed by atoms with E-state index in [1.807, 2.05) is 19.1 Å². The SMILES string of the molecule is CCCNCc1cc(F)cc(OCc2cncc(C)c2)c1. The second-order valence-corrected chi connectivity index (χ2v) is 5.13. The highest BCUT2D eigenvalue weighted by Crippen LogP contribution is 2.18. The van der Waals surface area contributed by atoms with Gasteiger partial charge in [-0.15, -0.1) is 0 Å². The van der Waals surface area contributed by atoms with E-state index in [1.165, 1.54) is 12.1 Å². The van der Waals surface area contributed by atoms with Gasteiger partial charge in [-0.25, -0.2) is 4.39 Å². The number of ether oxygens (including phenoxy) is 1. The predicted octanol–water partition coefficient (Wildman–Crippen LogP) is 3.61. The molecule has 3 nitrogen and oxygen atoms in total. The predicted molar refractivity (Wildman–Crippen MR) is 81.7 cm³/mol. The van der Waals surface area contributed by atoms with Gasteiger partial charge in [0.25, 0.3) is 0 Å². The van der Waals surface area contributed by atoms with Gasteiger partial charge in [0.05, 0.1) is 0 Å². The fourth-order valence-corrected chi connectivity index (χ4v) is 2.08. The molecule has 0 amide bonds. The number of hydrogen-bond acceptors (Lipinski definition) is 3. The van der Waals surface area contributed by atoms with Gasteiger partial charge in [-0.3, -0.25) is 4.98 Å². The molecule has 1 N–H and O–H groups in total. The van der Waals surface area contributed by atoms with Crippen molar-refractivity contribution in [3.63, 3.8) is 0 Å². The molecule has 0 aliphatic carbocycles. The molecule has 0 saturated carbocycles. The van der Waals surface area contributed by atoms with E-state index in [0.717, 1.165) is 29.7 Å². The lowest BCUT2D eigenvalue weighted by Crippen LogP contribution is -2.14. The van der Waals surface area contributed by atoms with Crippen molar-refractivity contribution in [3.8, 4) is 5.75 Å². The zero-order valence-corrected chi connectivity index (χ0v) is 12.5. The lowest BCUT2D eigenvalue weighted by molar-refractivity contribution is 0.303. The number of benzene rings is 1. The summed E-state index contributed by atoms with van der Waals surface area (Å²) in [4.78, 5) is 4.12. The Hall–Kier alpha value is -1.94. The summed E-state index contributed by atoms with van der Waals surface area (Å²) in [5.74, 6) is 0.271. The van der Waals surface area contributed by atoms with Crippen molar-refractivity contribution in [1.29, 1.82) is 0 Å². The fourth-order valence-electron chi connectivity index (χ4n) is 2.08. The minimum absolute atomic E-state index is 0.275. The molecule has 0 radical (unpaired) electrons. The van der Waals surface area contributed by atoms with Crippen LogP contribution in [-0.2, 0) is 13.2 Å². The molecule has 21 heavy (non-hydrogen) atoms. The van der Waals surface area contributed by atoms with Crippen molar-refractivity contribution in [2.75, 3.05) is 6.54 Å². The molecule has 0 spiro atoms. The molecule has 1 aromatic carbocycles. The van der Waals surface area contributed by atoms with Crippen molar-refractivity contribution < 1.29 is 9.13 Å². The smallest absolute Gasteiger partial charge is 0.127 e. The quantitative estimate of drug-likeness (QED) is 0.790. The van der Waals surface area contributed by atoms with Gasteiger partial charge in [0.1, 0.15) is 18.2 Å². The molecule has 1 aromatic heterocycles. The number of halogens is 1. The summed E-state index contributed by atoms with van der Waals surface area (Å²) in [7, 11) is 0. The molecule has 0 aliphatic rings. The molecule has 0 unspecified atom stereocenters. The summed E-state index contributed by atoms with van der Waals surface area (Å²) >= 11 is 0. The third-order valence-electron chi connectivity index (χ3n) is 3.02. The van der Waals surface area contributed by atoms with Crippen LogP contribution in [0.25, 0.3) is 0 Å². The first kappa shape index (κ1) is 15.4. The maximum atomic E-state index is 13.6. The largest absolute Gasteiger partial charge is 0.489 e. The maximum Gasteiger partial charge on any atom is 0.127 e. The molecule has 0 atom stereocenters. The van der Waals surface area contributed by atoms with Crippen molar-refractivity contribution >= 4 is 0 Å². The van der Waals surface area contributed by atoms with E-state index in [-0.39, 0.29) is 5.82 Å². The first-order valence-electron chi connectivity index (χ1n) is 7.21. The Labute approximate surface area is 125 Å². The van der Waals surface area contributed by atoms with Gasteiger partial charge in [0, 0.05) is 30.6 Å². The van der Waals surface area contributed by atoms with Crippen LogP contribution in [0.4, 0.5) is 4.39 Å². The monoisotopic (exact) mass is 288 g/mol. The number of aryl methyl sites for hydroxylation is 1. The van der Waals surface area contributed by atoms with Crippen LogP contribution in [0.5, 0.6) is 5.75 Å². The molecule has 0 bridgehead atoms. The molecule has 2 aromatic rings. The summed E-state index contributed by atoms with van der Waals surface area (Å²) in [5, 5.41) is 3.25. The van der Waals surface area contributed by atoms with Gasteiger partial charge < -0.3 is 10.1 Å². The molecule has 0 aliphatic heterocycles. The summed E-state index contributed by atoms with van der Waals surface area (Å²) in [6.07, 6.45) is 4.61. The van der Waals surface area contributed by atoms with E-state index < -0.39 is 0 Å². The average molecular weight is 288 g/mol. The number of pyridine rings is 1. The van der Waals surface area contributed by atoms with Gasteiger partial charge >= 0.3 is 0 Å². The standard InChI is InChI=1S/C17H21FN2O/c1-3-4-19-10-14-6-16(18)8-17(7-14)21-12-15-5-13(2)9-20-11-15/h5-9,11,19H,3-4,10,12H2,1-2H3. The Balaban J connectivity index is 1.99. The third-order valence-corrected chi connectivity index (χ3v) is 3.02. The molecule has 0 saturated heterocycles. The van der Waals surface area contributed by atoms with Crippen molar-refractivity contribution in [2.24, 2.45) is 0 Å². The van der Waals surface area contributed by atoms with Crippen molar-refractivity contribution in [3.05, 3.63) is 59.2 Å². The second-order valence-electron chi connectivity index (χ2n) is 5.13. The molecule has 0 fully saturated rings. The van der Waals surface area contributed by atoms with Gasteiger partial charge in [-0.1, -0.05) is 6.92 Å². The Morgan fingerprint density at radius 1 is 1.14 bits per heavy atom. The number of aromatic nitrogens is 1. The third kappa shape index (κ3) is 5.16. The van der Waals surface area contributed by atoms with Crippen LogP contribution in [0.1, 0.15) is 30.0 Å². The van der Waals surface area contributed by atoms with Crippen LogP contribution in [0.15, 0.2) is 36.7 Å². The fraction of sp³-hybridized carbons (Fsp3) is 0.353. The highest BCUT2D eigenvalue weighted by molar-refractivity contribution is 5.30. The van der Waals surface area contributed by atoms with Gasteiger partial charge in [0.15, 0.2) is 0 Å². The van der Waals surface area contributed by atoms with E-state index in [0.29, 0.717) is 18.9 Å². The van der Waals surface area contributed by atoms with E-state index in [1.54, 1.807) is 12.4 Å². The maximum absolute atomic E-state index is 13.6. The number of nitrogens with zero attached hydrogens (tertiary/aromatic N) is 1. The topological polar surface area (TPSA) is 34.1 Å². The van der Waals surface area contributed by atoms with Gasteiger partial charge in [-0.2, -0.15) is 0 Å². The molecule has 112 valence electrons. The highest BCUT2D eigenvalue weighted by atomic mass is 19.1. The summed E-state index contributed by atoms with van der Waals surface area (Å²) in [5.41, 5.74) is 2.95. The molecular formula is C17H21FN2O. The van der Waals surface area contributed by atoms with Crippen LogP contribution in [0.2, 0.25) is 0 Å². The van der Waals surface area contributed by atoms with Gasteiger partial charge in [-0.05, 0) is 49.2 Å². The Morgan fingerprint density at radius 2 is 2.00 bits per heavy atom. The normalized spacial score (nSPS) is 10.6. The average Bonchev–Trinajstić information content (AvgIpc) is 2.45.